The quantitative estimate of drug-likeness (QED) is 0.859. The summed E-state index contributed by atoms with van der Waals surface area (Å²) >= 11 is 1.58. The van der Waals surface area contributed by atoms with Gasteiger partial charge in [-0.15, -0.1) is 5.10 Å². The molecule has 84 valence electrons. The zero-order valence-corrected chi connectivity index (χ0v) is 10.1. The predicted molar refractivity (Wildman–Crippen MR) is 63.1 cm³/mol. The summed E-state index contributed by atoms with van der Waals surface area (Å²) in [6, 6.07) is 0.522. The minimum atomic E-state index is 0.522. The Morgan fingerprint density at radius 1 is 1.40 bits per heavy atom. The van der Waals surface area contributed by atoms with E-state index >= 15 is 0 Å². The minimum Gasteiger partial charge on any atom is -0.309 e. The zero-order chi connectivity index (χ0) is 10.5. The molecule has 0 spiro atoms. The lowest BCUT2D eigenvalue weighted by Crippen LogP contribution is -2.20. The molecule has 1 unspecified atom stereocenters. The molecule has 0 amide bonds. The maximum absolute atomic E-state index is 4.24. The van der Waals surface area contributed by atoms with Crippen LogP contribution in [0.1, 0.15) is 55.6 Å². The number of aromatic nitrogens is 2. The van der Waals surface area contributed by atoms with E-state index in [0.717, 1.165) is 19.4 Å². The molecule has 1 aromatic heterocycles. The lowest BCUT2D eigenvalue weighted by molar-refractivity contribution is 0.537. The SMILES string of the molecule is CCCc1nnsc1C1CCCCCN1. The van der Waals surface area contributed by atoms with Crippen LogP contribution in [0.5, 0.6) is 0 Å². The molecule has 1 fully saturated rings. The monoisotopic (exact) mass is 225 g/mol. The van der Waals surface area contributed by atoms with Gasteiger partial charge in [0.05, 0.1) is 10.6 Å². The van der Waals surface area contributed by atoms with E-state index < -0.39 is 0 Å². The molecule has 1 atom stereocenters. The Labute approximate surface area is 95.4 Å². The van der Waals surface area contributed by atoms with Gasteiger partial charge in [0.2, 0.25) is 0 Å². The first-order chi connectivity index (χ1) is 7.42. The van der Waals surface area contributed by atoms with Gasteiger partial charge in [-0.25, -0.2) is 0 Å². The lowest BCUT2D eigenvalue weighted by atomic mass is 10.1. The normalized spacial score (nSPS) is 22.6. The van der Waals surface area contributed by atoms with Crippen molar-refractivity contribution >= 4 is 11.5 Å². The number of hydrogen-bond donors (Lipinski definition) is 1. The van der Waals surface area contributed by atoms with Crippen molar-refractivity contribution in [3.63, 3.8) is 0 Å². The van der Waals surface area contributed by atoms with Crippen molar-refractivity contribution in [2.75, 3.05) is 6.54 Å². The van der Waals surface area contributed by atoms with Gasteiger partial charge in [0.25, 0.3) is 0 Å². The van der Waals surface area contributed by atoms with Crippen LogP contribution < -0.4 is 5.32 Å². The maximum Gasteiger partial charge on any atom is 0.0803 e. The number of nitrogens with one attached hydrogen (secondary N) is 1. The minimum absolute atomic E-state index is 0.522. The van der Waals surface area contributed by atoms with Crippen LogP contribution in [-0.4, -0.2) is 16.1 Å². The largest absolute Gasteiger partial charge is 0.309 e. The van der Waals surface area contributed by atoms with Gasteiger partial charge in [0.15, 0.2) is 0 Å². The highest BCUT2D eigenvalue weighted by Crippen LogP contribution is 2.27. The third kappa shape index (κ3) is 2.75. The fraction of sp³-hybridized carbons (Fsp3) is 0.818. The van der Waals surface area contributed by atoms with E-state index in [-0.39, 0.29) is 0 Å². The second-order valence-electron chi connectivity index (χ2n) is 4.19. The standard InChI is InChI=1S/C11H19N3S/c1-2-6-10-11(15-14-13-10)9-7-4-3-5-8-12-9/h9,12H,2-8H2,1H3. The number of rotatable bonds is 3. The smallest absolute Gasteiger partial charge is 0.0803 e. The summed E-state index contributed by atoms with van der Waals surface area (Å²) in [7, 11) is 0. The van der Waals surface area contributed by atoms with Crippen molar-refractivity contribution in [2.45, 2.75) is 51.5 Å². The van der Waals surface area contributed by atoms with Crippen molar-refractivity contribution in [1.82, 2.24) is 14.9 Å². The van der Waals surface area contributed by atoms with E-state index in [1.54, 1.807) is 11.5 Å². The fourth-order valence-corrected chi connectivity index (χ4v) is 2.95. The van der Waals surface area contributed by atoms with Gasteiger partial charge < -0.3 is 5.32 Å². The summed E-state index contributed by atoms with van der Waals surface area (Å²) in [5, 5.41) is 7.85. The molecule has 1 aliphatic heterocycles. The van der Waals surface area contributed by atoms with Crippen LogP contribution in [0.4, 0.5) is 0 Å². The van der Waals surface area contributed by atoms with Gasteiger partial charge in [-0.2, -0.15) is 0 Å². The number of nitrogens with zero attached hydrogens (tertiary/aromatic N) is 2. The molecule has 0 aliphatic carbocycles. The molecule has 15 heavy (non-hydrogen) atoms. The summed E-state index contributed by atoms with van der Waals surface area (Å²) in [4.78, 5) is 1.39. The summed E-state index contributed by atoms with van der Waals surface area (Å²) in [6.07, 6.45) is 7.49. The molecule has 1 N–H and O–H groups in total. The van der Waals surface area contributed by atoms with Crippen molar-refractivity contribution in [2.24, 2.45) is 0 Å². The Balaban J connectivity index is 2.08. The van der Waals surface area contributed by atoms with Crippen LogP contribution in [0.15, 0.2) is 0 Å². The Hall–Kier alpha value is -0.480. The molecule has 0 saturated carbocycles. The molecular formula is C11H19N3S. The van der Waals surface area contributed by atoms with Gasteiger partial charge in [-0.1, -0.05) is 30.7 Å². The van der Waals surface area contributed by atoms with Crippen LogP contribution in [0.25, 0.3) is 0 Å². The van der Waals surface area contributed by atoms with Crippen molar-refractivity contribution in [1.29, 1.82) is 0 Å². The van der Waals surface area contributed by atoms with Crippen LogP contribution in [0.2, 0.25) is 0 Å². The van der Waals surface area contributed by atoms with Crippen molar-refractivity contribution < 1.29 is 0 Å². The molecule has 0 aromatic carbocycles. The van der Waals surface area contributed by atoms with Gasteiger partial charge in [0.1, 0.15) is 0 Å². The third-order valence-electron chi connectivity index (χ3n) is 2.95. The average Bonchev–Trinajstić information content (AvgIpc) is 2.53. The first kappa shape index (κ1) is 11.0. The lowest BCUT2D eigenvalue weighted by Gasteiger charge is -2.14. The van der Waals surface area contributed by atoms with Gasteiger partial charge in [0, 0.05) is 6.04 Å². The van der Waals surface area contributed by atoms with E-state index in [1.807, 2.05) is 0 Å². The van der Waals surface area contributed by atoms with Crippen LogP contribution in [0, 0.1) is 0 Å². The molecule has 4 heteroatoms. The topological polar surface area (TPSA) is 37.8 Å². The van der Waals surface area contributed by atoms with Gasteiger partial charge >= 0.3 is 0 Å². The van der Waals surface area contributed by atoms with E-state index in [0.29, 0.717) is 6.04 Å². The Morgan fingerprint density at radius 2 is 2.33 bits per heavy atom. The highest BCUT2D eigenvalue weighted by atomic mass is 32.1. The van der Waals surface area contributed by atoms with E-state index in [2.05, 4.69) is 21.8 Å². The van der Waals surface area contributed by atoms with E-state index in [9.17, 15) is 0 Å². The van der Waals surface area contributed by atoms with Gasteiger partial charge in [-0.3, -0.25) is 0 Å². The van der Waals surface area contributed by atoms with Crippen LogP contribution in [0.3, 0.4) is 0 Å². The molecule has 0 bridgehead atoms. The highest BCUT2D eigenvalue weighted by Gasteiger charge is 2.19. The predicted octanol–water partition coefficient (Wildman–Crippen LogP) is 2.70. The fourth-order valence-electron chi connectivity index (χ4n) is 2.14. The molecule has 1 aromatic rings. The van der Waals surface area contributed by atoms with Gasteiger partial charge in [-0.05, 0) is 37.3 Å². The van der Waals surface area contributed by atoms with Crippen LogP contribution >= 0.6 is 11.5 Å². The van der Waals surface area contributed by atoms with Crippen molar-refractivity contribution in [3.05, 3.63) is 10.6 Å². The second-order valence-corrected chi connectivity index (χ2v) is 4.98. The first-order valence-electron chi connectivity index (χ1n) is 5.96. The third-order valence-corrected chi connectivity index (χ3v) is 3.83. The van der Waals surface area contributed by atoms with Crippen LogP contribution in [-0.2, 0) is 6.42 Å². The Morgan fingerprint density at radius 3 is 3.20 bits per heavy atom. The van der Waals surface area contributed by atoms with E-state index in [1.165, 1.54) is 36.3 Å². The molecular weight excluding hydrogens is 206 g/mol. The van der Waals surface area contributed by atoms with Crippen molar-refractivity contribution in [3.8, 4) is 0 Å². The Bertz CT molecular complexity index is 290. The number of hydrogen-bond acceptors (Lipinski definition) is 4. The molecule has 2 heterocycles. The molecule has 1 saturated heterocycles. The average molecular weight is 225 g/mol. The van der Waals surface area contributed by atoms with E-state index in [4.69, 9.17) is 0 Å². The summed E-state index contributed by atoms with van der Waals surface area (Å²) < 4.78 is 4.10. The Kier molecular flexibility index (Phi) is 4.09. The molecule has 0 radical (unpaired) electrons. The summed E-state index contributed by atoms with van der Waals surface area (Å²) in [5.74, 6) is 0. The zero-order valence-electron chi connectivity index (χ0n) is 9.33. The molecule has 3 nitrogen and oxygen atoms in total. The highest BCUT2D eigenvalue weighted by molar-refractivity contribution is 7.05. The maximum atomic E-state index is 4.24. The first-order valence-corrected chi connectivity index (χ1v) is 6.73. The second kappa shape index (κ2) is 5.56. The molecule has 2 rings (SSSR count). The summed E-state index contributed by atoms with van der Waals surface area (Å²) in [5.41, 5.74) is 1.22. The number of aryl methyl sites for hydroxylation is 1. The molecule has 1 aliphatic rings. The summed E-state index contributed by atoms with van der Waals surface area (Å²) in [6.45, 7) is 3.35.